The molecule has 4 rings (SSSR count). The molecule has 5 heteroatoms. The summed E-state index contributed by atoms with van der Waals surface area (Å²) in [4.78, 5) is 25.9. The Morgan fingerprint density at radius 1 is 1.00 bits per heavy atom. The van der Waals surface area contributed by atoms with E-state index < -0.39 is 0 Å². The van der Waals surface area contributed by atoms with Crippen molar-refractivity contribution in [3.8, 4) is 16.9 Å². The van der Waals surface area contributed by atoms with Gasteiger partial charge < -0.3 is 15.0 Å². The smallest absolute Gasteiger partial charge is 0.264 e. The van der Waals surface area contributed by atoms with Gasteiger partial charge in [0.05, 0.1) is 5.69 Å². The number of carbonyl (C=O) groups excluding carboxylic acids is 2. The highest BCUT2D eigenvalue weighted by Crippen LogP contribution is 2.30. The molecule has 0 unspecified atom stereocenters. The van der Waals surface area contributed by atoms with Crippen LogP contribution in [0, 0.1) is 0 Å². The first-order valence-electron chi connectivity index (χ1n) is 9.58. The van der Waals surface area contributed by atoms with E-state index in [0.717, 1.165) is 28.1 Å². The molecule has 0 bridgehead atoms. The first-order chi connectivity index (χ1) is 14.1. The number of ether oxygens (including phenoxy) is 1. The third-order valence-corrected chi connectivity index (χ3v) is 5.06. The average Bonchev–Trinajstić information content (AvgIpc) is 2.77. The van der Waals surface area contributed by atoms with Gasteiger partial charge in [0.2, 0.25) is 5.91 Å². The topological polar surface area (TPSA) is 58.6 Å². The number of para-hydroxylation sites is 1. The van der Waals surface area contributed by atoms with Crippen LogP contribution < -0.4 is 15.0 Å². The van der Waals surface area contributed by atoms with Gasteiger partial charge in [-0.2, -0.15) is 0 Å². The van der Waals surface area contributed by atoms with Crippen molar-refractivity contribution in [3.05, 3.63) is 78.4 Å². The molecular weight excluding hydrogens is 364 g/mol. The summed E-state index contributed by atoms with van der Waals surface area (Å²) in [5, 5.41) is 2.84. The molecular formula is C24H22N2O3. The van der Waals surface area contributed by atoms with Crippen LogP contribution in [-0.2, 0) is 16.0 Å². The van der Waals surface area contributed by atoms with Gasteiger partial charge in [-0.15, -0.1) is 0 Å². The van der Waals surface area contributed by atoms with Gasteiger partial charge in [-0.1, -0.05) is 48.5 Å². The first kappa shape index (κ1) is 18.7. The Morgan fingerprint density at radius 3 is 2.59 bits per heavy atom. The van der Waals surface area contributed by atoms with Crippen molar-refractivity contribution in [3.63, 3.8) is 0 Å². The fraction of sp³-hybridized carbons (Fsp3) is 0.167. The Bertz CT molecular complexity index is 1050. The van der Waals surface area contributed by atoms with Gasteiger partial charge in [-0.25, -0.2) is 0 Å². The number of hydrogen-bond acceptors (Lipinski definition) is 3. The zero-order valence-corrected chi connectivity index (χ0v) is 16.2. The van der Waals surface area contributed by atoms with E-state index in [-0.39, 0.29) is 18.4 Å². The predicted octanol–water partition coefficient (Wildman–Crippen LogP) is 4.28. The van der Waals surface area contributed by atoms with Crippen LogP contribution in [0.25, 0.3) is 11.1 Å². The quantitative estimate of drug-likeness (QED) is 0.712. The Labute approximate surface area is 169 Å². The van der Waals surface area contributed by atoms with Crippen LogP contribution >= 0.6 is 0 Å². The van der Waals surface area contributed by atoms with Crippen molar-refractivity contribution in [1.82, 2.24) is 0 Å². The molecule has 0 fully saturated rings. The Morgan fingerprint density at radius 2 is 1.76 bits per heavy atom. The van der Waals surface area contributed by atoms with Crippen molar-refractivity contribution in [2.45, 2.75) is 12.8 Å². The highest BCUT2D eigenvalue weighted by atomic mass is 16.5. The first-order valence-corrected chi connectivity index (χ1v) is 9.58. The number of likely N-dealkylation sites (N-methyl/N-ethyl adjacent to an activating group) is 1. The number of nitrogens with zero attached hydrogens (tertiary/aromatic N) is 1. The van der Waals surface area contributed by atoms with E-state index >= 15 is 0 Å². The number of amides is 2. The third-order valence-electron chi connectivity index (χ3n) is 5.06. The zero-order valence-electron chi connectivity index (χ0n) is 16.2. The summed E-state index contributed by atoms with van der Waals surface area (Å²) < 4.78 is 5.75. The van der Waals surface area contributed by atoms with E-state index in [1.807, 2.05) is 66.7 Å². The van der Waals surface area contributed by atoms with Gasteiger partial charge in [0.15, 0.2) is 6.61 Å². The molecule has 146 valence electrons. The average molecular weight is 386 g/mol. The monoisotopic (exact) mass is 386 g/mol. The van der Waals surface area contributed by atoms with Crippen LogP contribution in [0.4, 0.5) is 11.4 Å². The van der Waals surface area contributed by atoms with Crippen LogP contribution in [-0.4, -0.2) is 25.5 Å². The Balaban J connectivity index is 1.47. The lowest BCUT2D eigenvalue weighted by atomic mass is 10.0. The fourth-order valence-corrected chi connectivity index (χ4v) is 3.45. The second-order valence-corrected chi connectivity index (χ2v) is 6.99. The van der Waals surface area contributed by atoms with Crippen molar-refractivity contribution in [2.75, 3.05) is 23.9 Å². The van der Waals surface area contributed by atoms with Crippen LogP contribution in [0.15, 0.2) is 72.8 Å². The van der Waals surface area contributed by atoms with Gasteiger partial charge in [-0.05, 0) is 41.8 Å². The molecule has 1 aliphatic rings. The number of fused-ring (bicyclic) bond motifs is 1. The predicted molar refractivity (Wildman–Crippen MR) is 114 cm³/mol. The Kier molecular flexibility index (Phi) is 5.29. The van der Waals surface area contributed by atoms with Gasteiger partial charge >= 0.3 is 0 Å². The number of anilines is 2. The molecule has 1 N–H and O–H groups in total. The summed E-state index contributed by atoms with van der Waals surface area (Å²) in [6.07, 6.45) is 1.14. The lowest BCUT2D eigenvalue weighted by molar-refractivity contribution is -0.120. The number of aryl methyl sites for hydroxylation is 1. The number of benzene rings is 3. The molecule has 3 aromatic carbocycles. The minimum atomic E-state index is -0.139. The van der Waals surface area contributed by atoms with Crippen LogP contribution in [0.2, 0.25) is 0 Å². The van der Waals surface area contributed by atoms with Crippen molar-refractivity contribution < 1.29 is 14.3 Å². The van der Waals surface area contributed by atoms with Gasteiger partial charge in [0, 0.05) is 24.7 Å². The number of nitrogens with one attached hydrogen (secondary N) is 1. The van der Waals surface area contributed by atoms with Crippen molar-refractivity contribution in [1.29, 1.82) is 0 Å². The summed E-state index contributed by atoms with van der Waals surface area (Å²) in [7, 11) is 1.76. The normalized spacial score (nSPS) is 12.7. The summed E-state index contributed by atoms with van der Waals surface area (Å²) in [5.74, 6) is 0.512. The molecule has 1 heterocycles. The summed E-state index contributed by atoms with van der Waals surface area (Å²) in [5.41, 5.74) is 4.72. The van der Waals surface area contributed by atoms with Gasteiger partial charge in [0.25, 0.3) is 5.91 Å². The summed E-state index contributed by atoms with van der Waals surface area (Å²) >= 11 is 0. The SMILES string of the molecule is CN(C(=O)COc1ccc2c(c1)CCC(=O)N2)c1ccccc1-c1ccccc1. The van der Waals surface area contributed by atoms with E-state index in [0.29, 0.717) is 18.6 Å². The van der Waals surface area contributed by atoms with Crippen LogP contribution in [0.5, 0.6) is 5.75 Å². The molecule has 0 spiro atoms. The molecule has 1 aliphatic heterocycles. The Hall–Kier alpha value is -3.60. The van der Waals surface area contributed by atoms with E-state index in [1.165, 1.54) is 0 Å². The molecule has 0 radical (unpaired) electrons. The van der Waals surface area contributed by atoms with E-state index in [4.69, 9.17) is 4.74 Å². The molecule has 3 aromatic rings. The largest absolute Gasteiger partial charge is 0.484 e. The van der Waals surface area contributed by atoms with Crippen LogP contribution in [0.1, 0.15) is 12.0 Å². The molecule has 0 saturated carbocycles. The summed E-state index contributed by atoms with van der Waals surface area (Å²) in [6.45, 7) is -0.0647. The minimum absolute atomic E-state index is 0.0278. The molecule has 2 amide bonds. The second-order valence-electron chi connectivity index (χ2n) is 6.99. The summed E-state index contributed by atoms with van der Waals surface area (Å²) in [6, 6.07) is 23.3. The molecule has 0 aliphatic carbocycles. The number of rotatable bonds is 5. The molecule has 0 atom stereocenters. The van der Waals surface area contributed by atoms with Crippen molar-refractivity contribution >= 4 is 23.2 Å². The van der Waals surface area contributed by atoms with Gasteiger partial charge in [0.1, 0.15) is 5.75 Å². The third kappa shape index (κ3) is 4.14. The van der Waals surface area contributed by atoms with Gasteiger partial charge in [-0.3, -0.25) is 9.59 Å². The van der Waals surface area contributed by atoms with E-state index in [2.05, 4.69) is 5.32 Å². The molecule has 0 aromatic heterocycles. The lowest BCUT2D eigenvalue weighted by Crippen LogP contribution is -2.31. The lowest BCUT2D eigenvalue weighted by Gasteiger charge is -2.22. The number of carbonyl (C=O) groups is 2. The van der Waals surface area contributed by atoms with E-state index in [9.17, 15) is 9.59 Å². The molecule has 29 heavy (non-hydrogen) atoms. The second kappa shape index (κ2) is 8.19. The maximum absolute atomic E-state index is 12.8. The fourth-order valence-electron chi connectivity index (χ4n) is 3.45. The van der Waals surface area contributed by atoms with E-state index in [1.54, 1.807) is 18.0 Å². The maximum atomic E-state index is 12.8. The molecule has 0 saturated heterocycles. The maximum Gasteiger partial charge on any atom is 0.264 e. The van der Waals surface area contributed by atoms with Crippen LogP contribution in [0.3, 0.4) is 0 Å². The standard InChI is InChI=1S/C24H22N2O3/c1-26(22-10-6-5-9-20(22)17-7-3-2-4-8-17)24(28)16-29-19-12-13-21-18(15-19)11-14-23(27)25-21/h2-10,12-13,15H,11,14,16H2,1H3,(H,25,27). The molecule has 5 nitrogen and oxygen atoms in total. The minimum Gasteiger partial charge on any atom is -0.484 e. The number of hydrogen-bond donors (Lipinski definition) is 1. The van der Waals surface area contributed by atoms with Crippen molar-refractivity contribution in [2.24, 2.45) is 0 Å². The highest BCUT2D eigenvalue weighted by molar-refractivity contribution is 5.98. The highest BCUT2D eigenvalue weighted by Gasteiger charge is 2.18. The zero-order chi connectivity index (χ0) is 20.2.